The molecule has 0 radical (unpaired) electrons. The molecule has 0 atom stereocenters. The molecule has 0 bridgehead atoms. The summed E-state index contributed by atoms with van der Waals surface area (Å²) >= 11 is 7.63. The zero-order valence-corrected chi connectivity index (χ0v) is 14.4. The molecule has 8 heteroatoms. The summed E-state index contributed by atoms with van der Waals surface area (Å²) in [6.45, 7) is 1.74. The van der Waals surface area contributed by atoms with Crippen LogP contribution < -0.4 is 0 Å². The van der Waals surface area contributed by atoms with E-state index in [0.717, 1.165) is 12.1 Å². The molecule has 0 unspecified atom stereocenters. The number of nitrogens with zero attached hydrogens (tertiary/aromatic N) is 1. The molecule has 3 nitrogen and oxygen atoms in total. The predicted octanol–water partition coefficient (Wildman–Crippen LogP) is 5.81. The molecule has 2 heterocycles. The number of rotatable bonds is 3. The van der Waals surface area contributed by atoms with Crippen molar-refractivity contribution >= 4 is 39.1 Å². The van der Waals surface area contributed by atoms with Gasteiger partial charge in [0, 0.05) is 10.9 Å². The van der Waals surface area contributed by atoms with E-state index in [4.69, 9.17) is 16.3 Å². The minimum atomic E-state index is -4.50. The monoisotopic (exact) mass is 385 g/mol. The average molecular weight is 386 g/mol. The third kappa shape index (κ3) is 3.34. The van der Waals surface area contributed by atoms with Crippen molar-refractivity contribution in [2.24, 2.45) is 0 Å². The van der Waals surface area contributed by atoms with Gasteiger partial charge in [0.1, 0.15) is 10.4 Å². The summed E-state index contributed by atoms with van der Waals surface area (Å²) in [4.78, 5) is 17.2. The maximum absolute atomic E-state index is 13.0. The number of hydrogen-bond acceptors (Lipinski definition) is 4. The van der Waals surface area contributed by atoms with E-state index in [1.54, 1.807) is 18.4 Å². The highest BCUT2D eigenvalue weighted by molar-refractivity contribution is 7.16. The minimum Gasteiger partial charge on any atom is -0.462 e. The van der Waals surface area contributed by atoms with Gasteiger partial charge in [0.15, 0.2) is 0 Å². The van der Waals surface area contributed by atoms with Crippen LogP contribution >= 0.6 is 22.9 Å². The summed E-state index contributed by atoms with van der Waals surface area (Å²) in [7, 11) is 0. The van der Waals surface area contributed by atoms with Crippen molar-refractivity contribution in [2.45, 2.75) is 13.1 Å². The number of carbonyl (C=O) groups is 1. The number of ether oxygens (including phenoxy) is 1. The van der Waals surface area contributed by atoms with Crippen molar-refractivity contribution in [1.82, 2.24) is 4.98 Å². The molecule has 0 aliphatic rings. The lowest BCUT2D eigenvalue weighted by Gasteiger charge is -2.13. The van der Waals surface area contributed by atoms with Crippen molar-refractivity contribution < 1.29 is 22.7 Å². The number of fused-ring (bicyclic) bond motifs is 1. The molecular weight excluding hydrogens is 375 g/mol. The Hall–Kier alpha value is -2.12. The van der Waals surface area contributed by atoms with Crippen LogP contribution in [0.2, 0.25) is 5.02 Å². The first-order valence-corrected chi connectivity index (χ1v) is 8.50. The Labute approximate surface area is 150 Å². The van der Waals surface area contributed by atoms with Crippen LogP contribution in [-0.2, 0) is 10.9 Å². The molecule has 0 amide bonds. The van der Waals surface area contributed by atoms with E-state index in [-0.39, 0.29) is 28.5 Å². The third-order valence-electron chi connectivity index (χ3n) is 3.49. The Morgan fingerprint density at radius 3 is 2.76 bits per heavy atom. The van der Waals surface area contributed by atoms with Crippen LogP contribution in [0, 0.1) is 0 Å². The Morgan fingerprint density at radius 2 is 2.08 bits per heavy atom. The lowest BCUT2D eigenvalue weighted by Crippen LogP contribution is -2.10. The third-order valence-corrected chi connectivity index (χ3v) is 4.69. The fourth-order valence-corrected chi connectivity index (χ4v) is 3.54. The second-order valence-corrected chi connectivity index (χ2v) is 6.36. The number of alkyl halides is 3. The second-order valence-electron chi connectivity index (χ2n) is 5.09. The van der Waals surface area contributed by atoms with Gasteiger partial charge in [0.2, 0.25) is 0 Å². The summed E-state index contributed by atoms with van der Waals surface area (Å²) in [5.74, 6) is -0.722. The highest BCUT2D eigenvalue weighted by atomic mass is 35.5. The molecule has 0 spiro atoms. The van der Waals surface area contributed by atoms with Gasteiger partial charge in [-0.1, -0.05) is 23.7 Å². The van der Waals surface area contributed by atoms with E-state index in [9.17, 15) is 18.0 Å². The van der Waals surface area contributed by atoms with Gasteiger partial charge in [0.25, 0.3) is 0 Å². The topological polar surface area (TPSA) is 39.2 Å². The van der Waals surface area contributed by atoms with Crippen LogP contribution in [0.4, 0.5) is 13.2 Å². The first-order valence-electron chi connectivity index (χ1n) is 7.24. The minimum absolute atomic E-state index is 0.0336. The zero-order chi connectivity index (χ0) is 18.2. The van der Waals surface area contributed by atoms with Gasteiger partial charge in [-0.05, 0) is 30.5 Å². The number of halogens is 4. The van der Waals surface area contributed by atoms with Gasteiger partial charge in [-0.2, -0.15) is 13.2 Å². The first-order chi connectivity index (χ1) is 11.8. The Morgan fingerprint density at radius 1 is 1.32 bits per heavy atom. The molecule has 0 saturated carbocycles. The maximum Gasteiger partial charge on any atom is 0.416 e. The summed E-state index contributed by atoms with van der Waals surface area (Å²) in [5.41, 5.74) is -0.641. The Balaban J connectivity index is 2.28. The van der Waals surface area contributed by atoms with E-state index in [2.05, 4.69) is 4.98 Å². The smallest absolute Gasteiger partial charge is 0.416 e. The van der Waals surface area contributed by atoms with Gasteiger partial charge in [-0.25, -0.2) is 9.78 Å². The second kappa shape index (κ2) is 6.65. The van der Waals surface area contributed by atoms with Crippen molar-refractivity contribution in [2.75, 3.05) is 6.61 Å². The van der Waals surface area contributed by atoms with Crippen LogP contribution in [0.1, 0.15) is 22.8 Å². The summed E-state index contributed by atoms with van der Waals surface area (Å²) in [6, 6.07) is 6.32. The van der Waals surface area contributed by atoms with Gasteiger partial charge < -0.3 is 4.74 Å². The SMILES string of the molecule is CCOC(=O)c1c(-c2cccc(C(F)(F)F)c2)nc2sccc2c1Cl. The molecule has 0 fully saturated rings. The molecule has 3 aromatic rings. The molecule has 0 saturated heterocycles. The predicted molar refractivity (Wildman–Crippen MR) is 91.0 cm³/mol. The molecule has 0 aliphatic carbocycles. The molecule has 2 aromatic heterocycles. The normalized spacial score (nSPS) is 11.7. The highest BCUT2D eigenvalue weighted by Gasteiger charge is 2.31. The van der Waals surface area contributed by atoms with Gasteiger partial charge in [-0.15, -0.1) is 11.3 Å². The lowest BCUT2D eigenvalue weighted by molar-refractivity contribution is -0.137. The number of benzene rings is 1. The quantitative estimate of drug-likeness (QED) is 0.534. The van der Waals surface area contributed by atoms with Crippen molar-refractivity contribution in [3.05, 3.63) is 51.9 Å². The molecule has 3 rings (SSSR count). The highest BCUT2D eigenvalue weighted by Crippen LogP contribution is 2.38. The molecule has 1 aromatic carbocycles. The van der Waals surface area contributed by atoms with Crippen LogP contribution in [0.15, 0.2) is 35.7 Å². The number of esters is 1. The van der Waals surface area contributed by atoms with E-state index in [1.807, 2.05) is 0 Å². The largest absolute Gasteiger partial charge is 0.462 e. The fourth-order valence-electron chi connectivity index (χ4n) is 2.39. The molecule has 0 aliphatic heterocycles. The summed E-state index contributed by atoms with van der Waals surface area (Å²) in [5, 5.41) is 2.43. The first kappa shape index (κ1) is 17.7. The van der Waals surface area contributed by atoms with Crippen molar-refractivity contribution in [3.63, 3.8) is 0 Å². The molecule has 25 heavy (non-hydrogen) atoms. The molecule has 0 N–H and O–H groups in total. The number of thiophene rings is 1. The van der Waals surface area contributed by atoms with Gasteiger partial charge >= 0.3 is 12.1 Å². The fraction of sp³-hybridized carbons (Fsp3) is 0.176. The maximum atomic E-state index is 13.0. The number of aromatic nitrogens is 1. The summed E-state index contributed by atoms with van der Waals surface area (Å²) < 4.78 is 44.0. The van der Waals surface area contributed by atoms with Crippen LogP contribution in [0.25, 0.3) is 21.5 Å². The number of hydrogen-bond donors (Lipinski definition) is 0. The zero-order valence-electron chi connectivity index (χ0n) is 12.9. The average Bonchev–Trinajstić information content (AvgIpc) is 3.03. The van der Waals surface area contributed by atoms with Crippen LogP contribution in [0.5, 0.6) is 0 Å². The lowest BCUT2D eigenvalue weighted by atomic mass is 10.0. The summed E-state index contributed by atoms with van der Waals surface area (Å²) in [6.07, 6.45) is -4.50. The van der Waals surface area contributed by atoms with Crippen LogP contribution in [0.3, 0.4) is 0 Å². The molecular formula is C17H11ClF3NO2S. The van der Waals surface area contributed by atoms with Gasteiger partial charge in [0.05, 0.1) is 22.9 Å². The van der Waals surface area contributed by atoms with Gasteiger partial charge in [-0.3, -0.25) is 0 Å². The number of carbonyl (C=O) groups excluding carboxylic acids is 1. The van der Waals surface area contributed by atoms with E-state index < -0.39 is 17.7 Å². The van der Waals surface area contributed by atoms with Crippen LogP contribution in [-0.4, -0.2) is 17.6 Å². The Kier molecular flexibility index (Phi) is 4.71. The van der Waals surface area contributed by atoms with E-state index >= 15 is 0 Å². The van der Waals surface area contributed by atoms with E-state index in [1.165, 1.54) is 23.5 Å². The van der Waals surface area contributed by atoms with Crippen molar-refractivity contribution in [1.29, 1.82) is 0 Å². The van der Waals surface area contributed by atoms with E-state index in [0.29, 0.717) is 10.2 Å². The number of pyridine rings is 1. The van der Waals surface area contributed by atoms with Crippen molar-refractivity contribution in [3.8, 4) is 11.3 Å². The Bertz CT molecular complexity index is 953. The standard InChI is InChI=1S/C17H11ClF3NO2S/c1-2-24-16(23)12-13(18)11-6-7-25-15(11)22-14(12)9-4-3-5-10(8-9)17(19,20)21/h3-8H,2H2,1H3. The molecule has 130 valence electrons.